The molecular formula is C13H24N4. The number of hydrogen-bond donors (Lipinski definition) is 2. The minimum absolute atomic E-state index is 0.678. The highest BCUT2D eigenvalue weighted by atomic mass is 15.1. The number of rotatable bonds is 4. The lowest BCUT2D eigenvalue weighted by atomic mass is 10.3. The molecule has 4 nitrogen and oxygen atoms in total. The Morgan fingerprint density at radius 2 is 1.88 bits per heavy atom. The Morgan fingerprint density at radius 3 is 2.41 bits per heavy atom. The smallest absolute Gasteiger partial charge is 0.0416 e. The van der Waals surface area contributed by atoms with Crippen LogP contribution in [0.1, 0.15) is 18.5 Å². The summed E-state index contributed by atoms with van der Waals surface area (Å²) in [5, 5.41) is 0. The third-order valence-electron chi connectivity index (χ3n) is 2.77. The zero-order chi connectivity index (χ0) is 12.3. The monoisotopic (exact) mass is 236 g/mol. The maximum atomic E-state index is 5.37. The zero-order valence-corrected chi connectivity index (χ0v) is 10.5. The summed E-state index contributed by atoms with van der Waals surface area (Å²) in [5.41, 5.74) is 11.8. The first-order chi connectivity index (χ1) is 8.36. The first-order valence-electron chi connectivity index (χ1n) is 6.39. The van der Waals surface area contributed by atoms with Gasteiger partial charge < -0.3 is 16.4 Å². The number of aromatic nitrogens is 1. The van der Waals surface area contributed by atoms with Crippen molar-refractivity contribution < 1.29 is 0 Å². The topological polar surface area (TPSA) is 68.2 Å². The van der Waals surface area contributed by atoms with E-state index in [1.54, 1.807) is 6.20 Å². The van der Waals surface area contributed by atoms with E-state index in [9.17, 15) is 0 Å². The van der Waals surface area contributed by atoms with Gasteiger partial charge in [0.25, 0.3) is 0 Å². The van der Waals surface area contributed by atoms with Crippen LogP contribution in [0.5, 0.6) is 0 Å². The van der Waals surface area contributed by atoms with Gasteiger partial charge in [0, 0.05) is 31.4 Å². The lowest BCUT2D eigenvalue weighted by Crippen LogP contribution is -2.26. The molecule has 1 aliphatic rings. The molecular weight excluding hydrogens is 212 g/mol. The van der Waals surface area contributed by atoms with E-state index < -0.39 is 0 Å². The third-order valence-corrected chi connectivity index (χ3v) is 2.77. The first kappa shape index (κ1) is 14.1. The number of hydrogen-bond acceptors (Lipinski definition) is 4. The van der Waals surface area contributed by atoms with Crippen molar-refractivity contribution in [2.24, 2.45) is 11.5 Å². The van der Waals surface area contributed by atoms with Gasteiger partial charge in [-0.3, -0.25) is 4.98 Å². The van der Waals surface area contributed by atoms with Gasteiger partial charge in [-0.15, -0.1) is 0 Å². The van der Waals surface area contributed by atoms with E-state index in [4.69, 9.17) is 11.5 Å². The molecule has 0 amide bonds. The number of nitrogens with two attached hydrogens (primary N) is 2. The van der Waals surface area contributed by atoms with Crippen LogP contribution in [0, 0.1) is 0 Å². The molecule has 2 rings (SSSR count). The Labute approximate surface area is 104 Å². The Balaban J connectivity index is 0.000000171. The van der Waals surface area contributed by atoms with Crippen molar-refractivity contribution in [2.75, 3.05) is 32.7 Å². The highest BCUT2D eigenvalue weighted by Crippen LogP contribution is 2.04. The summed E-state index contributed by atoms with van der Waals surface area (Å²) >= 11 is 0. The fourth-order valence-corrected chi connectivity index (χ4v) is 1.88. The van der Waals surface area contributed by atoms with Gasteiger partial charge in [-0.25, -0.2) is 0 Å². The van der Waals surface area contributed by atoms with Crippen molar-refractivity contribution >= 4 is 0 Å². The predicted octanol–water partition coefficient (Wildman–Crippen LogP) is 0.624. The molecule has 0 unspecified atom stereocenters. The molecule has 1 fully saturated rings. The van der Waals surface area contributed by atoms with Gasteiger partial charge in [0.2, 0.25) is 0 Å². The molecule has 1 aromatic heterocycles. The maximum absolute atomic E-state index is 5.37. The molecule has 1 saturated heterocycles. The van der Waals surface area contributed by atoms with E-state index in [2.05, 4.69) is 9.88 Å². The second kappa shape index (κ2) is 9.10. The standard InChI is InChI=1S/C7H10N2.C6H14N2/c8-5-4-7-3-1-2-6-9-7;7-3-6-8-4-1-2-5-8/h1-3,6H,4-5,8H2;1-7H2. The number of likely N-dealkylation sites (tertiary alicyclic amines) is 1. The van der Waals surface area contributed by atoms with E-state index in [0.29, 0.717) is 6.54 Å². The van der Waals surface area contributed by atoms with Gasteiger partial charge in [0.05, 0.1) is 0 Å². The quantitative estimate of drug-likeness (QED) is 0.804. The first-order valence-corrected chi connectivity index (χ1v) is 6.39. The molecule has 0 radical (unpaired) electrons. The van der Waals surface area contributed by atoms with Crippen LogP contribution in [-0.4, -0.2) is 42.6 Å². The summed E-state index contributed by atoms with van der Waals surface area (Å²) in [7, 11) is 0. The predicted molar refractivity (Wildman–Crippen MR) is 71.7 cm³/mol. The van der Waals surface area contributed by atoms with Gasteiger partial charge in [-0.05, 0) is 44.6 Å². The fraction of sp³-hybridized carbons (Fsp3) is 0.615. The van der Waals surface area contributed by atoms with Gasteiger partial charge >= 0.3 is 0 Å². The Bertz CT molecular complexity index is 270. The van der Waals surface area contributed by atoms with Crippen molar-refractivity contribution in [2.45, 2.75) is 19.3 Å². The van der Waals surface area contributed by atoms with Crippen molar-refractivity contribution in [3.8, 4) is 0 Å². The number of nitrogens with zero attached hydrogens (tertiary/aromatic N) is 2. The molecule has 96 valence electrons. The second-order valence-electron chi connectivity index (χ2n) is 4.20. The summed E-state index contributed by atoms with van der Waals surface area (Å²) < 4.78 is 0. The minimum Gasteiger partial charge on any atom is -0.330 e. The van der Waals surface area contributed by atoms with Crippen molar-refractivity contribution in [3.63, 3.8) is 0 Å². The van der Waals surface area contributed by atoms with Crippen LogP contribution in [0.2, 0.25) is 0 Å². The Hall–Kier alpha value is -0.970. The summed E-state index contributed by atoms with van der Waals surface area (Å²) in [5.74, 6) is 0. The minimum atomic E-state index is 0.678. The van der Waals surface area contributed by atoms with Crippen LogP contribution >= 0.6 is 0 Å². The molecule has 4 heteroatoms. The average molecular weight is 236 g/mol. The molecule has 1 aromatic rings. The van der Waals surface area contributed by atoms with Gasteiger partial charge in [0.15, 0.2) is 0 Å². The molecule has 0 spiro atoms. The third kappa shape index (κ3) is 6.36. The molecule has 2 heterocycles. The summed E-state index contributed by atoms with van der Waals surface area (Å²) in [6.45, 7) is 5.14. The molecule has 0 aromatic carbocycles. The van der Waals surface area contributed by atoms with Crippen LogP contribution in [-0.2, 0) is 6.42 Å². The van der Waals surface area contributed by atoms with Crippen molar-refractivity contribution in [1.82, 2.24) is 9.88 Å². The second-order valence-corrected chi connectivity index (χ2v) is 4.20. The molecule has 0 bridgehead atoms. The Kier molecular flexibility index (Phi) is 7.54. The van der Waals surface area contributed by atoms with Crippen LogP contribution in [0.3, 0.4) is 0 Å². The van der Waals surface area contributed by atoms with E-state index in [-0.39, 0.29) is 0 Å². The number of pyridine rings is 1. The highest BCUT2D eigenvalue weighted by Gasteiger charge is 2.08. The molecule has 4 N–H and O–H groups in total. The normalized spacial score (nSPS) is 15.4. The highest BCUT2D eigenvalue weighted by molar-refractivity contribution is 5.03. The molecule has 17 heavy (non-hydrogen) atoms. The van der Waals surface area contributed by atoms with E-state index >= 15 is 0 Å². The average Bonchev–Trinajstić information content (AvgIpc) is 2.85. The maximum Gasteiger partial charge on any atom is 0.0416 e. The van der Waals surface area contributed by atoms with Crippen molar-refractivity contribution in [1.29, 1.82) is 0 Å². The van der Waals surface area contributed by atoms with E-state index in [1.165, 1.54) is 25.9 Å². The fourth-order valence-electron chi connectivity index (χ4n) is 1.88. The largest absolute Gasteiger partial charge is 0.330 e. The van der Waals surface area contributed by atoms with Crippen LogP contribution in [0.25, 0.3) is 0 Å². The summed E-state index contributed by atoms with van der Waals surface area (Å²) in [4.78, 5) is 6.51. The summed E-state index contributed by atoms with van der Waals surface area (Å²) in [6, 6.07) is 5.85. The van der Waals surface area contributed by atoms with E-state index in [0.717, 1.165) is 25.2 Å². The Morgan fingerprint density at radius 1 is 1.12 bits per heavy atom. The van der Waals surface area contributed by atoms with Crippen LogP contribution in [0.15, 0.2) is 24.4 Å². The lowest BCUT2D eigenvalue weighted by Gasteiger charge is -2.11. The zero-order valence-electron chi connectivity index (χ0n) is 10.5. The van der Waals surface area contributed by atoms with E-state index in [1.807, 2.05) is 18.2 Å². The van der Waals surface area contributed by atoms with Gasteiger partial charge in [-0.1, -0.05) is 6.07 Å². The molecule has 0 atom stereocenters. The molecule has 0 aliphatic carbocycles. The van der Waals surface area contributed by atoms with Crippen LogP contribution in [0.4, 0.5) is 0 Å². The molecule has 0 saturated carbocycles. The van der Waals surface area contributed by atoms with Crippen molar-refractivity contribution in [3.05, 3.63) is 30.1 Å². The summed E-state index contributed by atoms with van der Waals surface area (Å²) in [6.07, 6.45) is 5.41. The van der Waals surface area contributed by atoms with Gasteiger partial charge in [0.1, 0.15) is 0 Å². The molecule has 1 aliphatic heterocycles. The van der Waals surface area contributed by atoms with Crippen LogP contribution < -0.4 is 11.5 Å². The SMILES string of the molecule is NCCN1CCCC1.NCCc1ccccn1. The van der Waals surface area contributed by atoms with Gasteiger partial charge in [-0.2, -0.15) is 0 Å². The lowest BCUT2D eigenvalue weighted by molar-refractivity contribution is 0.349.